The molecular weight excluding hydrogens is 322 g/mol. The number of rotatable bonds is 2. The lowest BCUT2D eigenvalue weighted by molar-refractivity contribution is 0.761. The third kappa shape index (κ3) is 2.52. The van der Waals surface area contributed by atoms with E-state index in [0.29, 0.717) is 6.04 Å². The quantitative estimate of drug-likeness (QED) is 0.762. The summed E-state index contributed by atoms with van der Waals surface area (Å²) in [6.07, 6.45) is 2.25. The van der Waals surface area contributed by atoms with E-state index in [-0.39, 0.29) is 0 Å². The number of benzene rings is 2. The molecule has 0 aliphatic heterocycles. The molecular formula is C16H15BrClN. The number of halogens is 2. The van der Waals surface area contributed by atoms with Crippen LogP contribution in [0.2, 0.25) is 5.02 Å². The first-order valence-electron chi connectivity index (χ1n) is 6.45. The van der Waals surface area contributed by atoms with E-state index in [1.807, 2.05) is 12.1 Å². The molecule has 1 N–H and O–H groups in total. The fourth-order valence-corrected chi connectivity index (χ4v) is 3.45. The van der Waals surface area contributed by atoms with E-state index >= 15 is 0 Å². The standard InChI is InChI=1S/C16H15BrClN/c1-10-5-6-11(18)9-16(10)19-15-8-7-12-13(15)3-2-4-14(12)17/h2-6,9,15,19H,7-8H2,1H3. The van der Waals surface area contributed by atoms with Gasteiger partial charge in [0.1, 0.15) is 0 Å². The first-order chi connectivity index (χ1) is 9.15. The molecule has 0 spiro atoms. The van der Waals surface area contributed by atoms with E-state index in [4.69, 9.17) is 11.6 Å². The minimum Gasteiger partial charge on any atom is -0.378 e. The molecule has 98 valence electrons. The summed E-state index contributed by atoms with van der Waals surface area (Å²) in [5.41, 5.74) is 5.19. The van der Waals surface area contributed by atoms with Crippen molar-refractivity contribution in [2.75, 3.05) is 5.32 Å². The van der Waals surface area contributed by atoms with Crippen LogP contribution in [0.3, 0.4) is 0 Å². The van der Waals surface area contributed by atoms with Crippen molar-refractivity contribution >= 4 is 33.2 Å². The highest BCUT2D eigenvalue weighted by Gasteiger charge is 2.24. The Bertz CT molecular complexity index is 624. The first-order valence-corrected chi connectivity index (χ1v) is 7.62. The third-order valence-electron chi connectivity index (χ3n) is 3.74. The van der Waals surface area contributed by atoms with E-state index in [1.54, 1.807) is 0 Å². The SMILES string of the molecule is Cc1ccc(Cl)cc1NC1CCc2c(Br)cccc21. The average Bonchev–Trinajstić information content (AvgIpc) is 2.79. The minimum absolute atomic E-state index is 0.379. The van der Waals surface area contributed by atoms with Crippen molar-refractivity contribution in [1.29, 1.82) is 0 Å². The van der Waals surface area contributed by atoms with Crippen LogP contribution in [-0.4, -0.2) is 0 Å². The van der Waals surface area contributed by atoms with E-state index in [2.05, 4.69) is 52.4 Å². The molecule has 0 saturated heterocycles. The molecule has 0 radical (unpaired) electrons. The fourth-order valence-electron chi connectivity index (χ4n) is 2.70. The van der Waals surface area contributed by atoms with Crippen molar-refractivity contribution in [1.82, 2.24) is 0 Å². The summed E-state index contributed by atoms with van der Waals surface area (Å²) < 4.78 is 1.22. The lowest BCUT2D eigenvalue weighted by Crippen LogP contribution is -2.08. The molecule has 1 nitrogen and oxygen atoms in total. The van der Waals surface area contributed by atoms with Crippen LogP contribution in [0.1, 0.15) is 29.2 Å². The maximum atomic E-state index is 6.08. The largest absolute Gasteiger partial charge is 0.378 e. The van der Waals surface area contributed by atoms with Crippen molar-refractivity contribution in [2.45, 2.75) is 25.8 Å². The predicted molar refractivity (Wildman–Crippen MR) is 85.0 cm³/mol. The highest BCUT2D eigenvalue weighted by molar-refractivity contribution is 9.10. The number of hydrogen-bond acceptors (Lipinski definition) is 1. The maximum Gasteiger partial charge on any atom is 0.0520 e. The lowest BCUT2D eigenvalue weighted by Gasteiger charge is -2.17. The molecule has 1 atom stereocenters. The number of aryl methyl sites for hydroxylation is 1. The van der Waals surface area contributed by atoms with Gasteiger partial charge in [-0.25, -0.2) is 0 Å². The van der Waals surface area contributed by atoms with E-state index in [9.17, 15) is 0 Å². The van der Waals surface area contributed by atoms with Crippen LogP contribution in [0.15, 0.2) is 40.9 Å². The van der Waals surface area contributed by atoms with Crippen molar-refractivity contribution in [3.05, 3.63) is 62.6 Å². The number of fused-ring (bicyclic) bond motifs is 1. The Labute approximate surface area is 127 Å². The topological polar surface area (TPSA) is 12.0 Å². The molecule has 3 rings (SSSR count). The molecule has 0 bridgehead atoms. The molecule has 2 aromatic carbocycles. The van der Waals surface area contributed by atoms with Gasteiger partial charge in [-0.15, -0.1) is 0 Å². The van der Waals surface area contributed by atoms with Gasteiger partial charge in [-0.05, 0) is 54.7 Å². The van der Waals surface area contributed by atoms with Crippen LogP contribution in [0.25, 0.3) is 0 Å². The summed E-state index contributed by atoms with van der Waals surface area (Å²) in [7, 11) is 0. The molecule has 0 heterocycles. The molecule has 1 aliphatic carbocycles. The predicted octanol–water partition coefficient (Wildman–Crippen LogP) is 5.51. The molecule has 19 heavy (non-hydrogen) atoms. The van der Waals surface area contributed by atoms with Crippen LogP contribution >= 0.6 is 27.5 Å². The normalized spacial score (nSPS) is 17.3. The molecule has 0 saturated carbocycles. The Morgan fingerprint density at radius 3 is 2.95 bits per heavy atom. The van der Waals surface area contributed by atoms with Gasteiger partial charge in [-0.1, -0.05) is 45.7 Å². The molecule has 3 heteroatoms. The summed E-state index contributed by atoms with van der Waals surface area (Å²) in [5, 5.41) is 4.41. The van der Waals surface area contributed by atoms with E-state index in [0.717, 1.165) is 23.6 Å². The van der Waals surface area contributed by atoms with Crippen LogP contribution in [0.4, 0.5) is 5.69 Å². The second kappa shape index (κ2) is 5.18. The zero-order valence-corrected chi connectivity index (χ0v) is 13.1. The van der Waals surface area contributed by atoms with Gasteiger partial charge < -0.3 is 5.32 Å². The van der Waals surface area contributed by atoms with Crippen LogP contribution in [-0.2, 0) is 6.42 Å². The lowest BCUT2D eigenvalue weighted by atomic mass is 10.1. The second-order valence-electron chi connectivity index (χ2n) is 5.00. The number of nitrogens with one attached hydrogen (secondary N) is 1. The van der Waals surface area contributed by atoms with Gasteiger partial charge in [-0.2, -0.15) is 0 Å². The summed E-state index contributed by atoms with van der Waals surface area (Å²) >= 11 is 9.72. The molecule has 2 aromatic rings. The Morgan fingerprint density at radius 2 is 2.11 bits per heavy atom. The van der Waals surface area contributed by atoms with Gasteiger partial charge in [0.25, 0.3) is 0 Å². The zero-order chi connectivity index (χ0) is 13.4. The zero-order valence-electron chi connectivity index (χ0n) is 10.7. The van der Waals surface area contributed by atoms with Crippen molar-refractivity contribution in [3.63, 3.8) is 0 Å². The van der Waals surface area contributed by atoms with Gasteiger partial charge >= 0.3 is 0 Å². The Balaban J connectivity index is 1.91. The molecule has 1 aliphatic rings. The molecule has 1 unspecified atom stereocenters. The number of anilines is 1. The van der Waals surface area contributed by atoms with Gasteiger partial charge in [-0.3, -0.25) is 0 Å². The Kier molecular flexibility index (Phi) is 3.55. The Hall–Kier alpha value is -0.990. The van der Waals surface area contributed by atoms with Crippen molar-refractivity contribution < 1.29 is 0 Å². The number of hydrogen-bond donors (Lipinski definition) is 1. The summed E-state index contributed by atoms with van der Waals surface area (Å²) in [6.45, 7) is 2.11. The highest BCUT2D eigenvalue weighted by Crippen LogP contribution is 2.38. The maximum absolute atomic E-state index is 6.08. The summed E-state index contributed by atoms with van der Waals surface area (Å²) in [6, 6.07) is 12.8. The average molecular weight is 337 g/mol. The molecule has 0 amide bonds. The van der Waals surface area contributed by atoms with Gasteiger partial charge in [0.2, 0.25) is 0 Å². The Morgan fingerprint density at radius 1 is 1.26 bits per heavy atom. The summed E-state index contributed by atoms with van der Waals surface area (Å²) in [5.74, 6) is 0. The van der Waals surface area contributed by atoms with Gasteiger partial charge in [0.05, 0.1) is 6.04 Å². The van der Waals surface area contributed by atoms with Crippen LogP contribution in [0.5, 0.6) is 0 Å². The van der Waals surface area contributed by atoms with Crippen LogP contribution < -0.4 is 5.32 Å². The second-order valence-corrected chi connectivity index (χ2v) is 6.29. The highest BCUT2D eigenvalue weighted by atomic mass is 79.9. The van der Waals surface area contributed by atoms with Crippen LogP contribution in [0, 0.1) is 6.92 Å². The van der Waals surface area contributed by atoms with Gasteiger partial charge in [0.15, 0.2) is 0 Å². The fraction of sp³-hybridized carbons (Fsp3) is 0.250. The third-order valence-corrected chi connectivity index (χ3v) is 4.72. The van der Waals surface area contributed by atoms with Crippen molar-refractivity contribution in [2.24, 2.45) is 0 Å². The minimum atomic E-state index is 0.379. The van der Waals surface area contributed by atoms with E-state index in [1.165, 1.54) is 21.2 Å². The van der Waals surface area contributed by atoms with Gasteiger partial charge in [0, 0.05) is 15.2 Å². The van der Waals surface area contributed by atoms with E-state index < -0.39 is 0 Å². The van der Waals surface area contributed by atoms with Crippen molar-refractivity contribution in [3.8, 4) is 0 Å². The molecule has 0 fully saturated rings. The molecule has 0 aromatic heterocycles. The smallest absolute Gasteiger partial charge is 0.0520 e. The first kappa shape index (κ1) is 13.0. The summed E-state index contributed by atoms with van der Waals surface area (Å²) in [4.78, 5) is 0. The monoisotopic (exact) mass is 335 g/mol.